The van der Waals surface area contributed by atoms with Gasteiger partial charge in [0.1, 0.15) is 0 Å². The molecule has 0 aromatic heterocycles. The summed E-state index contributed by atoms with van der Waals surface area (Å²) >= 11 is 0. The number of nitrogens with zero attached hydrogens (tertiary/aromatic N) is 1. The van der Waals surface area contributed by atoms with Gasteiger partial charge in [-0.15, -0.1) is 13.1 Å². The molecule has 0 saturated heterocycles. The van der Waals surface area contributed by atoms with Crippen LogP contribution in [0.1, 0.15) is 13.3 Å². The van der Waals surface area contributed by atoms with Gasteiger partial charge in [-0.25, -0.2) is 0 Å². The first-order valence-electron chi connectivity index (χ1n) is 2.68. The van der Waals surface area contributed by atoms with Crippen molar-refractivity contribution in [2.75, 3.05) is 13.1 Å². The fraction of sp³-hybridized carbons (Fsp3) is 0.667. The van der Waals surface area contributed by atoms with Crippen LogP contribution in [-0.2, 0) is 0 Å². The van der Waals surface area contributed by atoms with Crippen LogP contribution in [0.2, 0.25) is 0 Å². The molecule has 1 aliphatic rings. The maximum atomic E-state index is 4.19. The second-order valence-corrected chi connectivity index (χ2v) is 1.94. The Morgan fingerprint density at radius 2 is 2.38 bits per heavy atom. The summed E-state index contributed by atoms with van der Waals surface area (Å²) in [7, 11) is 0. The van der Waals surface area contributed by atoms with E-state index in [1.54, 1.807) is 0 Å². The molecule has 0 radical (unpaired) electrons. The van der Waals surface area contributed by atoms with Gasteiger partial charge in [0.2, 0.25) is 0 Å². The molecule has 0 saturated carbocycles. The molecule has 40 valence electrons. The van der Waals surface area contributed by atoms with Crippen LogP contribution in [0.25, 0.3) is 5.32 Å². The van der Waals surface area contributed by atoms with Crippen molar-refractivity contribution in [2.24, 2.45) is 0 Å². The summed E-state index contributed by atoms with van der Waals surface area (Å²) in [4.78, 5) is 0. The SMILES string of the molecule is CC1=CCC[N-]C1.[Rb+]. The molecule has 0 unspecified atom stereocenters. The van der Waals surface area contributed by atoms with Gasteiger partial charge in [-0.2, -0.15) is 0 Å². The van der Waals surface area contributed by atoms with Gasteiger partial charge in [-0.05, 0) is 6.92 Å². The predicted molar refractivity (Wildman–Crippen MR) is 31.5 cm³/mol. The first-order chi connectivity index (χ1) is 3.39. The molecule has 1 aliphatic heterocycles. The molecule has 1 heterocycles. The van der Waals surface area contributed by atoms with Gasteiger partial charge in [0.05, 0.1) is 0 Å². The Hall–Kier alpha value is 1.51. The van der Waals surface area contributed by atoms with Gasteiger partial charge in [0.15, 0.2) is 0 Å². The van der Waals surface area contributed by atoms with Crippen molar-refractivity contribution in [1.82, 2.24) is 0 Å². The molecule has 0 aliphatic carbocycles. The minimum absolute atomic E-state index is 0. The normalized spacial score (nSPS) is 18.9. The van der Waals surface area contributed by atoms with E-state index in [0.717, 1.165) is 19.5 Å². The van der Waals surface area contributed by atoms with E-state index < -0.39 is 0 Å². The third-order valence-corrected chi connectivity index (χ3v) is 1.14. The summed E-state index contributed by atoms with van der Waals surface area (Å²) in [6.07, 6.45) is 3.42. The molecule has 0 bridgehead atoms. The molecule has 1 nitrogen and oxygen atoms in total. The van der Waals surface area contributed by atoms with Crippen LogP contribution in [0.3, 0.4) is 0 Å². The smallest absolute Gasteiger partial charge is 0.659 e. The van der Waals surface area contributed by atoms with Crippen molar-refractivity contribution in [3.8, 4) is 0 Å². The zero-order valence-corrected chi connectivity index (χ0v) is 10.6. The van der Waals surface area contributed by atoms with Gasteiger partial charge >= 0.3 is 58.2 Å². The monoisotopic (exact) mass is 181 g/mol. The van der Waals surface area contributed by atoms with E-state index in [1.807, 2.05) is 0 Å². The molecule has 0 aromatic carbocycles. The first kappa shape index (κ1) is 9.51. The minimum Gasteiger partial charge on any atom is -0.659 e. The summed E-state index contributed by atoms with van der Waals surface area (Å²) in [5, 5.41) is 4.19. The first-order valence-corrected chi connectivity index (χ1v) is 2.68. The van der Waals surface area contributed by atoms with Gasteiger partial charge in [-0.1, -0.05) is 18.1 Å². The summed E-state index contributed by atoms with van der Waals surface area (Å²) < 4.78 is 0. The molecule has 0 N–H and O–H groups in total. The van der Waals surface area contributed by atoms with E-state index in [0.29, 0.717) is 0 Å². The van der Waals surface area contributed by atoms with Crippen molar-refractivity contribution in [3.05, 3.63) is 17.0 Å². The van der Waals surface area contributed by atoms with E-state index in [-0.39, 0.29) is 58.2 Å². The van der Waals surface area contributed by atoms with E-state index in [9.17, 15) is 0 Å². The van der Waals surface area contributed by atoms with Gasteiger partial charge < -0.3 is 5.32 Å². The summed E-state index contributed by atoms with van der Waals surface area (Å²) in [6.45, 7) is 4.14. The summed E-state index contributed by atoms with van der Waals surface area (Å²) in [5.74, 6) is 0. The second-order valence-electron chi connectivity index (χ2n) is 1.94. The van der Waals surface area contributed by atoms with Gasteiger partial charge in [0, 0.05) is 0 Å². The Kier molecular flexibility index (Phi) is 6.30. The standard InChI is InChI=1S/C6H10N.Rb/c1-6-3-2-4-7-5-6;/h3H,2,4-5H2,1H3;/q-1;+1. The molecule has 0 spiro atoms. The van der Waals surface area contributed by atoms with Gasteiger partial charge in [0.25, 0.3) is 0 Å². The summed E-state index contributed by atoms with van der Waals surface area (Å²) in [5.41, 5.74) is 1.42. The minimum atomic E-state index is 0. The van der Waals surface area contributed by atoms with Crippen LogP contribution in [0.5, 0.6) is 0 Å². The fourth-order valence-corrected chi connectivity index (χ4v) is 0.722. The third-order valence-electron chi connectivity index (χ3n) is 1.14. The Morgan fingerprint density at radius 1 is 1.62 bits per heavy atom. The molecule has 0 amide bonds. The molecular weight excluding hydrogens is 172 g/mol. The molecule has 0 aromatic rings. The van der Waals surface area contributed by atoms with Gasteiger partial charge in [-0.3, -0.25) is 0 Å². The van der Waals surface area contributed by atoms with Crippen LogP contribution in [-0.4, -0.2) is 13.1 Å². The fourth-order valence-electron chi connectivity index (χ4n) is 0.722. The average molecular weight is 182 g/mol. The van der Waals surface area contributed by atoms with E-state index in [1.165, 1.54) is 5.57 Å². The Morgan fingerprint density at radius 3 is 2.62 bits per heavy atom. The quantitative estimate of drug-likeness (QED) is 0.413. The van der Waals surface area contributed by atoms with Crippen molar-refractivity contribution >= 4 is 0 Å². The largest absolute Gasteiger partial charge is 1.00 e. The molecule has 2 heteroatoms. The molecule has 0 atom stereocenters. The molecular formula is C6H10NRb. The Balaban J connectivity index is 0.000000490. The van der Waals surface area contributed by atoms with E-state index in [4.69, 9.17) is 0 Å². The molecule has 8 heavy (non-hydrogen) atoms. The Labute approximate surface area is 99.7 Å². The molecule has 1 rings (SSSR count). The second kappa shape index (κ2) is 5.30. The zero-order chi connectivity index (χ0) is 5.11. The van der Waals surface area contributed by atoms with E-state index >= 15 is 0 Å². The number of hydrogen-bond donors (Lipinski definition) is 0. The van der Waals surface area contributed by atoms with Crippen LogP contribution in [0.4, 0.5) is 0 Å². The third kappa shape index (κ3) is 3.52. The zero-order valence-electron chi connectivity index (χ0n) is 5.65. The van der Waals surface area contributed by atoms with Crippen molar-refractivity contribution in [3.63, 3.8) is 0 Å². The Bertz CT molecular complexity index is 88.5. The molecule has 0 fully saturated rings. The maximum absolute atomic E-state index is 4.19. The van der Waals surface area contributed by atoms with Crippen LogP contribution in [0, 0.1) is 0 Å². The van der Waals surface area contributed by atoms with E-state index in [2.05, 4.69) is 18.3 Å². The van der Waals surface area contributed by atoms with Crippen LogP contribution in [0.15, 0.2) is 11.6 Å². The van der Waals surface area contributed by atoms with Crippen LogP contribution < -0.4 is 58.2 Å². The van der Waals surface area contributed by atoms with Crippen molar-refractivity contribution < 1.29 is 58.2 Å². The topological polar surface area (TPSA) is 14.1 Å². The average Bonchev–Trinajstić information content (AvgIpc) is 1.69. The number of hydrogen-bond acceptors (Lipinski definition) is 0. The number of rotatable bonds is 0. The van der Waals surface area contributed by atoms with Crippen molar-refractivity contribution in [2.45, 2.75) is 13.3 Å². The van der Waals surface area contributed by atoms with Crippen LogP contribution >= 0.6 is 0 Å². The maximum Gasteiger partial charge on any atom is 1.00 e. The van der Waals surface area contributed by atoms with Crippen molar-refractivity contribution in [1.29, 1.82) is 0 Å². The predicted octanol–water partition coefficient (Wildman–Crippen LogP) is -1.29. The summed E-state index contributed by atoms with van der Waals surface area (Å²) in [6, 6.07) is 0.